The van der Waals surface area contributed by atoms with Crippen LogP contribution in [0.3, 0.4) is 0 Å². The number of fused-ring (bicyclic) bond motifs is 1. The van der Waals surface area contributed by atoms with Crippen LogP contribution in [-0.2, 0) is 20.6 Å². The lowest BCUT2D eigenvalue weighted by atomic mass is 10.3. The van der Waals surface area contributed by atoms with Gasteiger partial charge in [-0.1, -0.05) is 0 Å². The van der Waals surface area contributed by atoms with E-state index in [9.17, 15) is 19.8 Å². The fourth-order valence-corrected chi connectivity index (χ4v) is 4.29. The molecule has 2 N–H and O–H groups in total. The lowest BCUT2D eigenvalue weighted by molar-refractivity contribution is 0.0934. The summed E-state index contributed by atoms with van der Waals surface area (Å²) in [5.74, 6) is 1.80. The van der Waals surface area contributed by atoms with Gasteiger partial charge in [-0.3, -0.25) is 18.8 Å². The Bertz CT molecular complexity index is 1270. The predicted molar refractivity (Wildman–Crippen MR) is 130 cm³/mol. The number of hydrogen-bond donors (Lipinski definition) is 2. The van der Waals surface area contributed by atoms with Crippen molar-refractivity contribution in [1.82, 2.24) is 23.6 Å². The number of imidazole rings is 1. The van der Waals surface area contributed by atoms with E-state index < -0.39 is 17.4 Å². The summed E-state index contributed by atoms with van der Waals surface area (Å²) in [5, 5.41) is 20.1. The number of aliphatic hydroxyl groups is 2. The molecule has 12 heteroatoms. The minimum Gasteiger partial charge on any atom is -0.497 e. The van der Waals surface area contributed by atoms with Crippen LogP contribution in [0.1, 0.15) is 0 Å². The number of ether oxygens (including phenoxy) is 2. The molecule has 1 unspecified atom stereocenters. The largest absolute Gasteiger partial charge is 0.497 e. The Balaban J connectivity index is 1.63. The molecule has 1 saturated heterocycles. The number of nitrogens with zero attached hydrogens (tertiary/aromatic N) is 6. The number of aryl methyl sites for hydroxylation is 1. The molecule has 1 fully saturated rings. The fraction of sp³-hybridized carbons (Fsp3) is 0.522. The van der Waals surface area contributed by atoms with E-state index in [2.05, 4.69) is 9.88 Å². The summed E-state index contributed by atoms with van der Waals surface area (Å²) in [6.45, 7) is 3.48. The summed E-state index contributed by atoms with van der Waals surface area (Å²) < 4.78 is 14.9. The van der Waals surface area contributed by atoms with Gasteiger partial charge in [-0.2, -0.15) is 4.98 Å². The van der Waals surface area contributed by atoms with Crippen LogP contribution in [0.15, 0.2) is 33.9 Å². The standard InChI is InChI=1S/C23H32N6O6/c1-25-20-19(21(32)26(2)23(25)33)29(22(24-20)28-10-8-27(9-11-28)12-13-30)14-16(31)15-35-18-6-4-17(34-3)5-7-18/h4-7,16,30-31H,8-15H2,1-3H3. The molecule has 0 bridgehead atoms. The van der Waals surface area contributed by atoms with Crippen molar-refractivity contribution in [2.45, 2.75) is 12.6 Å². The number of benzene rings is 1. The molecule has 190 valence electrons. The fourth-order valence-electron chi connectivity index (χ4n) is 4.29. The van der Waals surface area contributed by atoms with Crippen molar-refractivity contribution in [2.75, 3.05) is 57.9 Å². The molecule has 0 saturated carbocycles. The second-order valence-corrected chi connectivity index (χ2v) is 8.59. The molecule has 35 heavy (non-hydrogen) atoms. The maximum absolute atomic E-state index is 13.1. The van der Waals surface area contributed by atoms with Gasteiger partial charge in [-0.15, -0.1) is 0 Å². The molecule has 1 aromatic carbocycles. The average molecular weight is 489 g/mol. The van der Waals surface area contributed by atoms with Crippen LogP contribution in [0.2, 0.25) is 0 Å². The van der Waals surface area contributed by atoms with Gasteiger partial charge in [-0.05, 0) is 24.3 Å². The topological polar surface area (TPSA) is 127 Å². The molecule has 3 heterocycles. The maximum atomic E-state index is 13.1. The zero-order chi connectivity index (χ0) is 25.1. The molecule has 3 aromatic rings. The molecule has 4 rings (SSSR count). The summed E-state index contributed by atoms with van der Waals surface area (Å²) >= 11 is 0. The molecule has 0 radical (unpaired) electrons. The molecule has 12 nitrogen and oxygen atoms in total. The minimum atomic E-state index is -0.939. The molecule has 1 atom stereocenters. The third-order valence-corrected chi connectivity index (χ3v) is 6.29. The van der Waals surface area contributed by atoms with E-state index in [1.807, 2.05) is 4.90 Å². The molecule has 0 amide bonds. The van der Waals surface area contributed by atoms with Crippen molar-refractivity contribution in [3.05, 3.63) is 45.1 Å². The van der Waals surface area contributed by atoms with Crippen molar-refractivity contribution in [3.63, 3.8) is 0 Å². The van der Waals surface area contributed by atoms with E-state index in [-0.39, 0.29) is 30.9 Å². The second kappa shape index (κ2) is 10.5. The highest BCUT2D eigenvalue weighted by molar-refractivity contribution is 5.74. The lowest BCUT2D eigenvalue weighted by Crippen LogP contribution is -2.48. The maximum Gasteiger partial charge on any atom is 0.332 e. The van der Waals surface area contributed by atoms with Gasteiger partial charge in [0.25, 0.3) is 5.56 Å². The summed E-state index contributed by atoms with van der Waals surface area (Å²) in [5.41, 5.74) is -0.404. The first-order chi connectivity index (χ1) is 16.8. The zero-order valence-corrected chi connectivity index (χ0v) is 20.3. The van der Waals surface area contributed by atoms with E-state index in [1.54, 1.807) is 43.0 Å². The zero-order valence-electron chi connectivity index (χ0n) is 20.3. The van der Waals surface area contributed by atoms with Gasteiger partial charge in [-0.25, -0.2) is 4.79 Å². The number of aliphatic hydroxyl groups excluding tert-OH is 2. The van der Waals surface area contributed by atoms with Gasteiger partial charge in [0.15, 0.2) is 11.2 Å². The quantitative estimate of drug-likeness (QED) is 0.390. The molecule has 2 aromatic heterocycles. The van der Waals surface area contributed by atoms with Gasteiger partial charge >= 0.3 is 5.69 Å². The van der Waals surface area contributed by atoms with Gasteiger partial charge in [0, 0.05) is 46.8 Å². The van der Waals surface area contributed by atoms with Crippen LogP contribution in [0, 0.1) is 0 Å². The first kappa shape index (κ1) is 24.8. The number of anilines is 1. The monoisotopic (exact) mass is 488 g/mol. The molecule has 1 aliphatic heterocycles. The second-order valence-electron chi connectivity index (χ2n) is 8.59. The Morgan fingerprint density at radius 2 is 1.69 bits per heavy atom. The SMILES string of the molecule is COc1ccc(OCC(O)Cn2c(N3CCN(CCO)CC3)nc3c2c(=O)n(C)c(=O)n3C)cc1. The summed E-state index contributed by atoms with van der Waals surface area (Å²) in [4.78, 5) is 34.4. The molecular weight excluding hydrogens is 456 g/mol. The van der Waals surface area contributed by atoms with Crippen LogP contribution in [0.4, 0.5) is 5.95 Å². The Hall–Kier alpha value is -3.35. The van der Waals surface area contributed by atoms with Crippen molar-refractivity contribution in [3.8, 4) is 11.5 Å². The normalized spacial score (nSPS) is 15.5. The third-order valence-electron chi connectivity index (χ3n) is 6.29. The number of hydrogen-bond acceptors (Lipinski definition) is 9. The van der Waals surface area contributed by atoms with Crippen LogP contribution in [0.25, 0.3) is 11.2 Å². The van der Waals surface area contributed by atoms with Gasteiger partial charge in [0.1, 0.15) is 24.2 Å². The Morgan fingerprint density at radius 1 is 1.03 bits per heavy atom. The van der Waals surface area contributed by atoms with Crippen LogP contribution in [-0.4, -0.2) is 92.9 Å². The molecule has 1 aliphatic rings. The predicted octanol–water partition coefficient (Wildman–Crippen LogP) is -1.00. The van der Waals surface area contributed by atoms with Crippen molar-refractivity contribution < 1.29 is 19.7 Å². The van der Waals surface area contributed by atoms with E-state index in [1.165, 1.54) is 11.6 Å². The first-order valence-electron chi connectivity index (χ1n) is 11.5. The molecule has 0 spiro atoms. The third kappa shape index (κ3) is 5.04. The highest BCUT2D eigenvalue weighted by Gasteiger charge is 2.26. The van der Waals surface area contributed by atoms with E-state index in [0.717, 1.165) is 17.7 Å². The number of rotatable bonds is 9. The van der Waals surface area contributed by atoms with Crippen molar-refractivity contribution in [1.29, 1.82) is 0 Å². The summed E-state index contributed by atoms with van der Waals surface area (Å²) in [7, 11) is 4.59. The van der Waals surface area contributed by atoms with Gasteiger partial charge < -0.3 is 29.2 Å². The van der Waals surface area contributed by atoms with Crippen LogP contribution < -0.4 is 25.6 Å². The smallest absolute Gasteiger partial charge is 0.332 e. The van der Waals surface area contributed by atoms with Crippen LogP contribution >= 0.6 is 0 Å². The number of β-amino-alcohol motifs (C(OH)–C–C–N with tert-alkyl or cyclic N) is 1. The number of aromatic nitrogens is 4. The number of methoxy groups -OCH3 is 1. The molecule has 0 aliphatic carbocycles. The highest BCUT2D eigenvalue weighted by atomic mass is 16.5. The van der Waals surface area contributed by atoms with E-state index in [4.69, 9.17) is 9.47 Å². The van der Waals surface area contributed by atoms with Crippen molar-refractivity contribution in [2.24, 2.45) is 14.1 Å². The lowest BCUT2D eigenvalue weighted by Gasteiger charge is -2.35. The Labute approximate surface area is 202 Å². The van der Waals surface area contributed by atoms with Gasteiger partial charge in [0.2, 0.25) is 5.95 Å². The van der Waals surface area contributed by atoms with E-state index in [0.29, 0.717) is 37.1 Å². The van der Waals surface area contributed by atoms with Gasteiger partial charge in [0.05, 0.1) is 20.3 Å². The Morgan fingerprint density at radius 3 is 2.31 bits per heavy atom. The highest BCUT2D eigenvalue weighted by Crippen LogP contribution is 2.22. The minimum absolute atomic E-state index is 0.00179. The summed E-state index contributed by atoms with van der Waals surface area (Å²) in [6, 6.07) is 7.04. The summed E-state index contributed by atoms with van der Waals surface area (Å²) in [6.07, 6.45) is -0.939. The Kier molecular flexibility index (Phi) is 7.43. The first-order valence-corrected chi connectivity index (χ1v) is 11.5. The van der Waals surface area contributed by atoms with Crippen LogP contribution in [0.5, 0.6) is 11.5 Å². The number of piperazine rings is 1. The van der Waals surface area contributed by atoms with Crippen molar-refractivity contribution >= 4 is 17.1 Å². The van der Waals surface area contributed by atoms with E-state index >= 15 is 0 Å². The average Bonchev–Trinajstić information content (AvgIpc) is 3.25. The molecular formula is C23H32N6O6.